The Morgan fingerprint density at radius 3 is 2.60 bits per heavy atom. The second-order valence-electron chi connectivity index (χ2n) is 6.85. The van der Waals surface area contributed by atoms with Crippen LogP contribution in [0.4, 0.5) is 0 Å². The number of furan rings is 1. The number of unbranched alkanes of at least 4 members (excludes halogenated alkanes) is 1. The van der Waals surface area contributed by atoms with Gasteiger partial charge in [-0.15, -0.1) is 0 Å². The molecule has 2 heterocycles. The van der Waals surface area contributed by atoms with Gasteiger partial charge in [-0.2, -0.15) is 4.31 Å². The van der Waals surface area contributed by atoms with Crippen LogP contribution in [-0.2, 0) is 17.4 Å². The molecule has 1 radical (unpaired) electrons. The third-order valence-electron chi connectivity index (χ3n) is 4.71. The molecule has 0 bridgehead atoms. The van der Waals surface area contributed by atoms with E-state index in [1.807, 2.05) is 37.3 Å². The number of nitrogens with one attached hydrogen (secondary N) is 1. The third kappa shape index (κ3) is 4.84. The maximum Gasteiger partial charge on any atom is 0.255 e. The van der Waals surface area contributed by atoms with Crippen molar-refractivity contribution in [3.05, 3.63) is 57.6 Å². The van der Waals surface area contributed by atoms with E-state index in [2.05, 4.69) is 39.8 Å². The van der Waals surface area contributed by atoms with E-state index >= 15 is 0 Å². The molecule has 9 heteroatoms. The molecular formula is C21H23IN3O4S. The molecule has 1 N–H and O–H groups in total. The number of aryl methyl sites for hydroxylation is 1. The number of carbonyl (C=O) groups is 1. The van der Waals surface area contributed by atoms with Crippen LogP contribution < -0.4 is 5.32 Å². The molecule has 30 heavy (non-hydrogen) atoms. The van der Waals surface area contributed by atoms with E-state index in [1.165, 1.54) is 4.31 Å². The number of thiol groups is 1. The largest absolute Gasteiger partial charge is 0.437 e. The molecule has 2 aromatic heterocycles. The van der Waals surface area contributed by atoms with Crippen LogP contribution in [0.3, 0.4) is 0 Å². The third-order valence-corrected chi connectivity index (χ3v) is 6.44. The summed E-state index contributed by atoms with van der Waals surface area (Å²) in [5.74, 6) is 0.169. The van der Waals surface area contributed by atoms with Crippen LogP contribution in [-0.4, -0.2) is 37.2 Å². The van der Waals surface area contributed by atoms with Gasteiger partial charge in [-0.1, -0.05) is 43.2 Å². The maximum atomic E-state index is 12.6. The number of amides is 1. The zero-order valence-electron chi connectivity index (χ0n) is 16.8. The summed E-state index contributed by atoms with van der Waals surface area (Å²) in [7, 11) is -1.17. The number of nitrogens with zero attached hydrogens (tertiary/aromatic N) is 2. The minimum absolute atomic E-state index is 0.142. The summed E-state index contributed by atoms with van der Waals surface area (Å²) in [4.78, 5) is 17.2. The van der Waals surface area contributed by atoms with Crippen molar-refractivity contribution in [1.82, 2.24) is 14.6 Å². The van der Waals surface area contributed by atoms with E-state index in [-0.39, 0.29) is 12.5 Å². The van der Waals surface area contributed by atoms with Gasteiger partial charge in [0, 0.05) is 22.7 Å². The van der Waals surface area contributed by atoms with E-state index in [0.717, 1.165) is 14.7 Å². The minimum Gasteiger partial charge on any atom is -0.437 e. The number of hydrogen-bond acceptors (Lipinski definition) is 5. The molecule has 0 aliphatic heterocycles. The molecule has 0 spiro atoms. The predicted octanol–water partition coefficient (Wildman–Crippen LogP) is 3.71. The van der Waals surface area contributed by atoms with Crippen molar-refractivity contribution in [1.29, 1.82) is 0 Å². The van der Waals surface area contributed by atoms with Gasteiger partial charge in [0.2, 0.25) is 16.6 Å². The number of halogens is 1. The normalized spacial score (nSPS) is 11.5. The molecule has 7 nitrogen and oxygen atoms in total. The fourth-order valence-electron chi connectivity index (χ4n) is 3.09. The van der Waals surface area contributed by atoms with Gasteiger partial charge >= 0.3 is 0 Å². The number of carbonyl (C=O) groups excluding carboxylic acids is 1. The Morgan fingerprint density at radius 2 is 2.00 bits per heavy atom. The van der Waals surface area contributed by atoms with E-state index < -0.39 is 10.9 Å². The SMILES string of the molecule is [CH2]CCCN(Cc1nc2oc(-c3ccc(C)cc3)c(C(=O)NC)c2cc1I)[SH](=O)=O. The molecule has 0 saturated carbocycles. The Bertz CT molecular complexity index is 1130. The van der Waals surface area contributed by atoms with Crippen LogP contribution in [0.2, 0.25) is 0 Å². The Balaban J connectivity index is 2.11. The number of aromatic nitrogens is 1. The number of hydrogen-bond donors (Lipinski definition) is 2. The van der Waals surface area contributed by atoms with Crippen LogP contribution in [0.15, 0.2) is 34.7 Å². The molecule has 3 aromatic rings. The summed E-state index contributed by atoms with van der Waals surface area (Å²) in [5.41, 5.74) is 3.17. The highest BCUT2D eigenvalue weighted by Gasteiger charge is 2.24. The van der Waals surface area contributed by atoms with Crippen molar-refractivity contribution in [3.8, 4) is 11.3 Å². The van der Waals surface area contributed by atoms with Gasteiger partial charge in [-0.05, 0) is 42.0 Å². The molecule has 1 aromatic carbocycles. The fraction of sp³-hybridized carbons (Fsp3) is 0.286. The Morgan fingerprint density at radius 1 is 1.30 bits per heavy atom. The van der Waals surface area contributed by atoms with Crippen LogP contribution >= 0.6 is 22.6 Å². The summed E-state index contributed by atoms with van der Waals surface area (Å²) in [6, 6.07) is 9.51. The average molecular weight is 540 g/mol. The highest BCUT2D eigenvalue weighted by atomic mass is 127. The lowest BCUT2D eigenvalue weighted by Crippen LogP contribution is -2.23. The highest BCUT2D eigenvalue weighted by molar-refractivity contribution is 14.1. The molecule has 0 unspecified atom stereocenters. The maximum absolute atomic E-state index is 12.6. The zero-order chi connectivity index (χ0) is 21.8. The first kappa shape index (κ1) is 22.7. The van der Waals surface area contributed by atoms with E-state index in [1.54, 1.807) is 7.05 Å². The van der Waals surface area contributed by atoms with E-state index in [4.69, 9.17) is 4.42 Å². The summed E-state index contributed by atoms with van der Waals surface area (Å²) < 4.78 is 31.4. The summed E-state index contributed by atoms with van der Waals surface area (Å²) >= 11 is 2.11. The van der Waals surface area contributed by atoms with Gasteiger partial charge in [-0.3, -0.25) is 4.79 Å². The van der Waals surface area contributed by atoms with E-state index in [0.29, 0.717) is 47.5 Å². The lowest BCUT2D eigenvalue weighted by Gasteiger charge is -2.15. The van der Waals surface area contributed by atoms with Crippen LogP contribution in [0.5, 0.6) is 0 Å². The van der Waals surface area contributed by atoms with Crippen molar-refractivity contribution in [2.24, 2.45) is 0 Å². The number of fused-ring (bicyclic) bond motifs is 1. The molecule has 0 fully saturated rings. The van der Waals surface area contributed by atoms with E-state index in [9.17, 15) is 13.2 Å². The molecule has 1 amide bonds. The quantitative estimate of drug-likeness (QED) is 0.336. The Hall–Kier alpha value is -1.98. The second-order valence-corrected chi connectivity index (χ2v) is 9.06. The highest BCUT2D eigenvalue weighted by Crippen LogP contribution is 2.34. The van der Waals surface area contributed by atoms with Gasteiger partial charge < -0.3 is 9.73 Å². The fourth-order valence-corrected chi connectivity index (χ4v) is 4.25. The average Bonchev–Trinajstić information content (AvgIpc) is 3.08. The summed E-state index contributed by atoms with van der Waals surface area (Å²) in [6.45, 7) is 6.27. The Labute approximate surface area is 191 Å². The number of rotatable bonds is 8. The predicted molar refractivity (Wildman–Crippen MR) is 126 cm³/mol. The van der Waals surface area contributed by atoms with Crippen molar-refractivity contribution < 1.29 is 17.6 Å². The standard InChI is InChI=1S/C21H23IN3O4S/c1-4-5-10-25(30(27)28)12-17-16(22)11-15-18(20(26)23-3)19(29-21(15)24-17)14-8-6-13(2)7-9-14/h6-9,11,30H,1,4-5,10,12H2,2-3H3,(H,23,26). The summed E-state index contributed by atoms with van der Waals surface area (Å²) in [6.07, 6.45) is 1.32. The van der Waals surface area contributed by atoms with Crippen LogP contribution in [0.25, 0.3) is 22.4 Å². The molecule has 0 saturated heterocycles. The van der Waals surface area contributed by atoms with Gasteiger partial charge in [0.05, 0.1) is 23.2 Å². The van der Waals surface area contributed by atoms with Crippen LogP contribution in [0.1, 0.15) is 34.5 Å². The smallest absolute Gasteiger partial charge is 0.255 e. The molecule has 0 aliphatic carbocycles. The monoisotopic (exact) mass is 540 g/mol. The molecule has 0 aliphatic rings. The first-order valence-electron chi connectivity index (χ1n) is 9.45. The molecule has 3 rings (SSSR count). The summed E-state index contributed by atoms with van der Waals surface area (Å²) in [5, 5.41) is 3.25. The van der Waals surface area contributed by atoms with Crippen LogP contribution in [0, 0.1) is 17.4 Å². The van der Waals surface area contributed by atoms with Gasteiger partial charge in [-0.25, -0.2) is 13.4 Å². The van der Waals surface area contributed by atoms with Gasteiger partial charge in [0.25, 0.3) is 5.91 Å². The lowest BCUT2D eigenvalue weighted by molar-refractivity contribution is 0.0964. The first-order chi connectivity index (χ1) is 14.3. The number of pyridine rings is 1. The topological polar surface area (TPSA) is 92.5 Å². The lowest BCUT2D eigenvalue weighted by atomic mass is 10.0. The Kier molecular flexibility index (Phi) is 7.48. The molecular weight excluding hydrogens is 517 g/mol. The second kappa shape index (κ2) is 9.88. The number of benzene rings is 1. The minimum atomic E-state index is -2.74. The molecule has 0 atom stereocenters. The van der Waals surface area contributed by atoms with Crippen molar-refractivity contribution in [2.75, 3.05) is 13.6 Å². The zero-order valence-corrected chi connectivity index (χ0v) is 19.8. The van der Waals surface area contributed by atoms with Crippen molar-refractivity contribution in [3.63, 3.8) is 0 Å². The van der Waals surface area contributed by atoms with Crippen molar-refractivity contribution in [2.45, 2.75) is 26.3 Å². The van der Waals surface area contributed by atoms with Gasteiger partial charge in [0.1, 0.15) is 5.76 Å². The van der Waals surface area contributed by atoms with Gasteiger partial charge in [0.15, 0.2) is 0 Å². The van der Waals surface area contributed by atoms with Crippen molar-refractivity contribution >= 4 is 50.5 Å². The molecule has 159 valence electrons. The first-order valence-corrected chi connectivity index (χ1v) is 11.7.